The normalized spacial score (nSPS) is 10.9. The van der Waals surface area contributed by atoms with Gasteiger partial charge in [-0.25, -0.2) is 8.78 Å². The maximum Gasteiger partial charge on any atom is 0.160 e. The average molecular weight is 395 g/mol. The Bertz CT molecular complexity index is 1140. The van der Waals surface area contributed by atoms with Crippen molar-refractivity contribution in [1.29, 1.82) is 0 Å². The van der Waals surface area contributed by atoms with Crippen molar-refractivity contribution < 1.29 is 18.3 Å². The minimum Gasteiger partial charge on any atom is -0.497 e. The predicted octanol–water partition coefficient (Wildman–Crippen LogP) is 5.12. The molecule has 0 amide bonds. The summed E-state index contributed by atoms with van der Waals surface area (Å²) in [4.78, 5) is 0. The van der Waals surface area contributed by atoms with Crippen LogP contribution in [0.5, 0.6) is 11.5 Å². The Kier molecular flexibility index (Phi) is 5.03. The number of anilines is 2. The zero-order chi connectivity index (χ0) is 20.4. The SMILES string of the molecule is COc1ccc(Cn2nc(Nc3cc(F)cc(F)c3)c3cc(OC)ccc32)cc1. The topological polar surface area (TPSA) is 48.3 Å². The molecule has 29 heavy (non-hydrogen) atoms. The van der Waals surface area contributed by atoms with E-state index in [0.717, 1.165) is 28.3 Å². The molecule has 148 valence electrons. The highest BCUT2D eigenvalue weighted by Gasteiger charge is 2.13. The van der Waals surface area contributed by atoms with Gasteiger partial charge in [0.2, 0.25) is 0 Å². The summed E-state index contributed by atoms with van der Waals surface area (Å²) in [7, 11) is 3.20. The molecule has 0 saturated heterocycles. The van der Waals surface area contributed by atoms with Crippen LogP contribution in [0.15, 0.2) is 60.7 Å². The fourth-order valence-corrected chi connectivity index (χ4v) is 3.16. The smallest absolute Gasteiger partial charge is 0.160 e. The van der Waals surface area contributed by atoms with Crippen LogP contribution in [0.3, 0.4) is 0 Å². The van der Waals surface area contributed by atoms with Gasteiger partial charge in [0.15, 0.2) is 5.82 Å². The quantitative estimate of drug-likeness (QED) is 0.492. The number of halogens is 2. The second kappa shape index (κ2) is 7.79. The lowest BCUT2D eigenvalue weighted by Gasteiger charge is -2.06. The van der Waals surface area contributed by atoms with E-state index in [1.807, 2.05) is 47.1 Å². The largest absolute Gasteiger partial charge is 0.497 e. The van der Waals surface area contributed by atoms with E-state index >= 15 is 0 Å². The summed E-state index contributed by atoms with van der Waals surface area (Å²) in [5.41, 5.74) is 2.18. The molecule has 4 aromatic rings. The molecule has 0 bridgehead atoms. The molecule has 0 fully saturated rings. The van der Waals surface area contributed by atoms with Crippen molar-refractivity contribution in [2.24, 2.45) is 0 Å². The number of hydrogen-bond donors (Lipinski definition) is 1. The van der Waals surface area contributed by atoms with Crippen LogP contribution in [0.1, 0.15) is 5.56 Å². The highest BCUT2D eigenvalue weighted by atomic mass is 19.1. The summed E-state index contributed by atoms with van der Waals surface area (Å²) in [5.74, 6) is 0.603. The van der Waals surface area contributed by atoms with Crippen molar-refractivity contribution in [3.8, 4) is 11.5 Å². The van der Waals surface area contributed by atoms with Gasteiger partial charge in [0.05, 0.1) is 26.3 Å². The molecule has 0 spiro atoms. The van der Waals surface area contributed by atoms with Crippen LogP contribution in [-0.4, -0.2) is 24.0 Å². The molecule has 0 saturated carbocycles. The maximum atomic E-state index is 13.6. The summed E-state index contributed by atoms with van der Waals surface area (Å²) in [5, 5.41) is 8.43. The van der Waals surface area contributed by atoms with Gasteiger partial charge in [0, 0.05) is 17.1 Å². The van der Waals surface area contributed by atoms with E-state index in [4.69, 9.17) is 9.47 Å². The first-order valence-electron chi connectivity index (χ1n) is 8.96. The van der Waals surface area contributed by atoms with Gasteiger partial charge in [-0.05, 0) is 48.0 Å². The minimum absolute atomic E-state index is 0.279. The molecular weight excluding hydrogens is 376 g/mol. The summed E-state index contributed by atoms with van der Waals surface area (Å²) in [6, 6.07) is 16.6. The van der Waals surface area contributed by atoms with Crippen molar-refractivity contribution in [3.63, 3.8) is 0 Å². The zero-order valence-electron chi connectivity index (χ0n) is 15.9. The molecule has 0 aliphatic rings. The van der Waals surface area contributed by atoms with E-state index in [0.29, 0.717) is 18.1 Å². The molecule has 4 rings (SSSR count). The summed E-state index contributed by atoms with van der Waals surface area (Å²) in [6.07, 6.45) is 0. The number of hydrogen-bond acceptors (Lipinski definition) is 4. The van der Waals surface area contributed by atoms with Crippen LogP contribution in [0, 0.1) is 11.6 Å². The fourth-order valence-electron chi connectivity index (χ4n) is 3.16. The zero-order valence-corrected chi connectivity index (χ0v) is 15.9. The molecule has 0 unspecified atom stereocenters. The summed E-state index contributed by atoms with van der Waals surface area (Å²) < 4.78 is 39.5. The number of methoxy groups -OCH3 is 2. The molecule has 3 aromatic carbocycles. The lowest BCUT2D eigenvalue weighted by molar-refractivity contribution is 0.414. The number of fused-ring (bicyclic) bond motifs is 1. The third-order valence-corrected chi connectivity index (χ3v) is 4.57. The maximum absolute atomic E-state index is 13.6. The Morgan fingerprint density at radius 2 is 1.52 bits per heavy atom. The molecular formula is C22H19F2N3O2. The Labute approximate surface area is 166 Å². The van der Waals surface area contributed by atoms with Crippen LogP contribution in [0.4, 0.5) is 20.3 Å². The second-order valence-electron chi connectivity index (χ2n) is 6.52. The van der Waals surface area contributed by atoms with Gasteiger partial charge in [-0.1, -0.05) is 12.1 Å². The lowest BCUT2D eigenvalue weighted by Crippen LogP contribution is -2.02. The Morgan fingerprint density at radius 3 is 2.17 bits per heavy atom. The molecule has 1 N–H and O–H groups in total. The number of ether oxygens (including phenoxy) is 2. The monoisotopic (exact) mass is 395 g/mol. The number of rotatable bonds is 6. The van der Waals surface area contributed by atoms with E-state index in [-0.39, 0.29) is 5.69 Å². The summed E-state index contributed by atoms with van der Waals surface area (Å²) >= 11 is 0. The Morgan fingerprint density at radius 1 is 0.862 bits per heavy atom. The van der Waals surface area contributed by atoms with Crippen LogP contribution >= 0.6 is 0 Å². The third kappa shape index (κ3) is 3.99. The van der Waals surface area contributed by atoms with Crippen molar-refractivity contribution >= 4 is 22.4 Å². The highest BCUT2D eigenvalue weighted by Crippen LogP contribution is 2.30. The Hall–Kier alpha value is -3.61. The molecule has 1 heterocycles. The van der Waals surface area contributed by atoms with E-state index in [2.05, 4.69) is 10.4 Å². The van der Waals surface area contributed by atoms with Gasteiger partial charge in [0.25, 0.3) is 0 Å². The first-order valence-corrected chi connectivity index (χ1v) is 8.96. The van der Waals surface area contributed by atoms with Gasteiger partial charge in [-0.15, -0.1) is 0 Å². The minimum atomic E-state index is -0.660. The molecule has 7 heteroatoms. The van der Waals surface area contributed by atoms with Crippen molar-refractivity contribution in [3.05, 3.63) is 77.9 Å². The molecule has 0 atom stereocenters. The van der Waals surface area contributed by atoms with Gasteiger partial charge in [-0.3, -0.25) is 4.68 Å². The van der Waals surface area contributed by atoms with E-state index in [1.54, 1.807) is 14.2 Å². The number of nitrogens with zero attached hydrogens (tertiary/aromatic N) is 2. The van der Waals surface area contributed by atoms with Crippen LogP contribution in [0.2, 0.25) is 0 Å². The van der Waals surface area contributed by atoms with Crippen LogP contribution < -0.4 is 14.8 Å². The van der Waals surface area contributed by atoms with Gasteiger partial charge >= 0.3 is 0 Å². The molecule has 0 radical (unpaired) electrons. The third-order valence-electron chi connectivity index (χ3n) is 4.57. The number of nitrogens with one attached hydrogen (secondary N) is 1. The average Bonchev–Trinajstić information content (AvgIpc) is 3.04. The second-order valence-corrected chi connectivity index (χ2v) is 6.52. The lowest BCUT2D eigenvalue weighted by atomic mass is 10.2. The van der Waals surface area contributed by atoms with Crippen LogP contribution in [0.25, 0.3) is 10.9 Å². The van der Waals surface area contributed by atoms with Crippen LogP contribution in [-0.2, 0) is 6.54 Å². The predicted molar refractivity (Wildman–Crippen MR) is 108 cm³/mol. The summed E-state index contributed by atoms with van der Waals surface area (Å²) in [6.45, 7) is 0.520. The van der Waals surface area contributed by atoms with E-state index < -0.39 is 11.6 Å². The fraction of sp³-hybridized carbons (Fsp3) is 0.136. The molecule has 0 aliphatic carbocycles. The highest BCUT2D eigenvalue weighted by molar-refractivity contribution is 5.93. The van der Waals surface area contributed by atoms with Crippen molar-refractivity contribution in [2.75, 3.05) is 19.5 Å². The molecule has 1 aromatic heterocycles. The van der Waals surface area contributed by atoms with Gasteiger partial charge in [0.1, 0.15) is 23.1 Å². The first-order chi connectivity index (χ1) is 14.1. The Balaban J connectivity index is 1.74. The van der Waals surface area contributed by atoms with Gasteiger partial charge in [-0.2, -0.15) is 5.10 Å². The van der Waals surface area contributed by atoms with Gasteiger partial charge < -0.3 is 14.8 Å². The number of aromatic nitrogens is 2. The van der Waals surface area contributed by atoms with Crippen molar-refractivity contribution in [1.82, 2.24) is 9.78 Å². The first kappa shape index (κ1) is 18.7. The van der Waals surface area contributed by atoms with Crippen molar-refractivity contribution in [2.45, 2.75) is 6.54 Å². The number of benzene rings is 3. The molecule has 5 nitrogen and oxygen atoms in total. The van der Waals surface area contributed by atoms with E-state index in [9.17, 15) is 8.78 Å². The van der Waals surface area contributed by atoms with E-state index in [1.165, 1.54) is 12.1 Å². The molecule has 0 aliphatic heterocycles. The standard InChI is InChI=1S/C22H19F2N3O2/c1-28-18-5-3-14(4-6-18)13-27-21-8-7-19(29-2)12-20(21)22(26-27)25-17-10-15(23)9-16(24)11-17/h3-12H,13H2,1-2H3,(H,25,26).